The molecule has 0 radical (unpaired) electrons. The number of esters is 1. The lowest BCUT2D eigenvalue weighted by atomic mass is 10.0. The summed E-state index contributed by atoms with van der Waals surface area (Å²) in [6.45, 7) is 11.7. The summed E-state index contributed by atoms with van der Waals surface area (Å²) in [7, 11) is 2.13. The molecule has 3 rings (SSSR count). The van der Waals surface area contributed by atoms with Crippen molar-refractivity contribution in [3.05, 3.63) is 29.0 Å². The van der Waals surface area contributed by atoms with E-state index in [4.69, 9.17) is 4.74 Å². The van der Waals surface area contributed by atoms with Crippen LogP contribution in [0.5, 0.6) is 5.75 Å². The summed E-state index contributed by atoms with van der Waals surface area (Å²) >= 11 is 0. The number of phenolic OH excluding ortho intramolecular Hbond substituents is 1. The Morgan fingerprint density at radius 2 is 1.86 bits per heavy atom. The van der Waals surface area contributed by atoms with Crippen LogP contribution in [0.25, 0.3) is 10.9 Å². The Bertz CT molecular complexity index is 842. The Morgan fingerprint density at radius 1 is 1.17 bits per heavy atom. The zero-order valence-electron chi connectivity index (χ0n) is 18.0. The molecule has 0 atom stereocenters. The van der Waals surface area contributed by atoms with Gasteiger partial charge in [-0.1, -0.05) is 13.3 Å². The Labute approximate surface area is 179 Å². The number of aromatic hydroxyl groups is 1. The quantitative estimate of drug-likeness (QED) is 0.686. The molecule has 1 aliphatic heterocycles. The van der Waals surface area contributed by atoms with E-state index >= 15 is 0 Å². The van der Waals surface area contributed by atoms with Gasteiger partial charge in [0.25, 0.3) is 0 Å². The van der Waals surface area contributed by atoms with E-state index < -0.39 is 0 Å². The molecule has 6 nitrogen and oxygen atoms in total. The van der Waals surface area contributed by atoms with Crippen LogP contribution >= 0.6 is 12.4 Å². The lowest BCUT2D eigenvalue weighted by Gasteiger charge is -2.32. The molecule has 1 fully saturated rings. The zero-order valence-corrected chi connectivity index (χ0v) is 18.8. The lowest BCUT2D eigenvalue weighted by Crippen LogP contribution is -2.43. The van der Waals surface area contributed by atoms with Crippen LogP contribution in [0.15, 0.2) is 12.1 Å². The monoisotopic (exact) mass is 423 g/mol. The summed E-state index contributed by atoms with van der Waals surface area (Å²) in [6, 6.07) is 3.70. The van der Waals surface area contributed by atoms with E-state index in [2.05, 4.69) is 28.3 Å². The maximum absolute atomic E-state index is 12.8. The number of aromatic nitrogens is 1. The predicted octanol–water partition coefficient (Wildman–Crippen LogP) is 3.80. The van der Waals surface area contributed by atoms with E-state index in [0.717, 1.165) is 67.7 Å². The number of hydrogen-bond acceptors (Lipinski definition) is 5. The molecule has 0 aliphatic carbocycles. The van der Waals surface area contributed by atoms with Crippen LogP contribution in [0.3, 0.4) is 0 Å². The molecule has 1 aromatic heterocycles. The van der Waals surface area contributed by atoms with Crippen LogP contribution in [0.2, 0.25) is 0 Å². The van der Waals surface area contributed by atoms with E-state index in [0.29, 0.717) is 18.7 Å². The van der Waals surface area contributed by atoms with E-state index in [1.54, 1.807) is 6.07 Å². The highest BCUT2D eigenvalue weighted by Crippen LogP contribution is 2.35. The molecule has 1 N–H and O–H groups in total. The maximum Gasteiger partial charge on any atom is 0.340 e. The average molecular weight is 424 g/mol. The molecule has 162 valence electrons. The minimum absolute atomic E-state index is 0. The van der Waals surface area contributed by atoms with Gasteiger partial charge in [-0.25, -0.2) is 4.79 Å². The van der Waals surface area contributed by atoms with Crippen molar-refractivity contribution in [3.8, 4) is 5.75 Å². The van der Waals surface area contributed by atoms with Crippen LogP contribution in [0.1, 0.15) is 48.3 Å². The molecule has 0 bridgehead atoms. The van der Waals surface area contributed by atoms with Gasteiger partial charge in [0.1, 0.15) is 5.75 Å². The predicted molar refractivity (Wildman–Crippen MR) is 119 cm³/mol. The first kappa shape index (κ1) is 23.5. The van der Waals surface area contributed by atoms with Gasteiger partial charge in [-0.05, 0) is 39.4 Å². The number of fused-ring (bicyclic) bond motifs is 1. The first-order valence-corrected chi connectivity index (χ1v) is 10.4. The molecule has 1 aliphatic rings. The first-order chi connectivity index (χ1) is 13.5. The number of carbonyl (C=O) groups is 1. The van der Waals surface area contributed by atoms with Crippen molar-refractivity contribution in [2.75, 3.05) is 39.8 Å². The molecule has 7 heteroatoms. The van der Waals surface area contributed by atoms with E-state index in [9.17, 15) is 9.90 Å². The number of halogens is 1. The lowest BCUT2D eigenvalue weighted by molar-refractivity contribution is 0.0527. The van der Waals surface area contributed by atoms with Crippen LogP contribution in [0.4, 0.5) is 0 Å². The van der Waals surface area contributed by atoms with Crippen molar-refractivity contribution in [3.63, 3.8) is 0 Å². The van der Waals surface area contributed by atoms with Gasteiger partial charge in [0.2, 0.25) is 0 Å². The minimum atomic E-state index is -0.300. The molecule has 29 heavy (non-hydrogen) atoms. The number of hydrogen-bond donors (Lipinski definition) is 1. The highest BCUT2D eigenvalue weighted by atomic mass is 35.5. The fraction of sp³-hybridized carbons (Fsp3) is 0.591. The third-order valence-electron chi connectivity index (χ3n) is 5.77. The van der Waals surface area contributed by atoms with Gasteiger partial charge in [-0.2, -0.15) is 0 Å². The molecular weight excluding hydrogens is 390 g/mol. The Morgan fingerprint density at radius 3 is 2.48 bits per heavy atom. The number of phenols is 1. The van der Waals surface area contributed by atoms with Gasteiger partial charge < -0.3 is 19.3 Å². The molecule has 0 amide bonds. The maximum atomic E-state index is 12.8. The van der Waals surface area contributed by atoms with Crippen molar-refractivity contribution in [2.45, 2.75) is 46.7 Å². The van der Waals surface area contributed by atoms with Gasteiger partial charge in [-0.15, -0.1) is 12.4 Å². The van der Waals surface area contributed by atoms with Gasteiger partial charge in [-0.3, -0.25) is 4.90 Å². The summed E-state index contributed by atoms with van der Waals surface area (Å²) in [4.78, 5) is 17.5. The van der Waals surface area contributed by atoms with Crippen molar-refractivity contribution < 1.29 is 14.6 Å². The van der Waals surface area contributed by atoms with Gasteiger partial charge in [0.15, 0.2) is 0 Å². The molecule has 1 aromatic carbocycles. The Hall–Kier alpha value is -1.76. The summed E-state index contributed by atoms with van der Waals surface area (Å²) in [5, 5.41) is 11.6. The molecular formula is C22H34ClN3O3. The second-order valence-corrected chi connectivity index (χ2v) is 7.72. The number of unbranched alkanes of at least 4 members (excludes halogenated alkanes) is 1. The van der Waals surface area contributed by atoms with Crippen LogP contribution in [-0.2, 0) is 17.8 Å². The standard InChI is InChI=1S/C22H33N3O3.ClH/c1-5-7-10-25-16(3)20(22(27)28-6-2)21-17(19(26)9-8-18(21)25)15-24-13-11-23(4)12-14-24;/h8-9,26H,5-7,10-15H2,1-4H3;1H. The van der Waals surface area contributed by atoms with Crippen LogP contribution in [-0.4, -0.2) is 65.3 Å². The fourth-order valence-electron chi connectivity index (χ4n) is 4.07. The van der Waals surface area contributed by atoms with Gasteiger partial charge >= 0.3 is 5.97 Å². The number of aryl methyl sites for hydroxylation is 1. The summed E-state index contributed by atoms with van der Waals surface area (Å²) < 4.78 is 7.59. The molecule has 0 unspecified atom stereocenters. The highest BCUT2D eigenvalue weighted by molar-refractivity contribution is 6.08. The third kappa shape index (κ3) is 4.87. The number of rotatable bonds is 7. The van der Waals surface area contributed by atoms with E-state index in [1.807, 2.05) is 19.9 Å². The minimum Gasteiger partial charge on any atom is -0.508 e. The molecule has 0 saturated carbocycles. The van der Waals surface area contributed by atoms with E-state index in [-0.39, 0.29) is 24.1 Å². The van der Waals surface area contributed by atoms with Crippen molar-refractivity contribution in [1.29, 1.82) is 0 Å². The zero-order chi connectivity index (χ0) is 20.3. The third-order valence-corrected chi connectivity index (χ3v) is 5.77. The molecule has 2 heterocycles. The second-order valence-electron chi connectivity index (χ2n) is 7.72. The largest absolute Gasteiger partial charge is 0.508 e. The van der Waals surface area contributed by atoms with Crippen molar-refractivity contribution in [2.24, 2.45) is 0 Å². The normalized spacial score (nSPS) is 15.4. The number of likely N-dealkylation sites (N-methyl/N-ethyl adjacent to an activating group) is 1. The second kappa shape index (κ2) is 10.3. The van der Waals surface area contributed by atoms with Crippen molar-refractivity contribution in [1.82, 2.24) is 14.4 Å². The molecule has 2 aromatic rings. The van der Waals surface area contributed by atoms with Gasteiger partial charge in [0.05, 0.1) is 12.2 Å². The molecule has 0 spiro atoms. The number of benzene rings is 1. The number of nitrogens with zero attached hydrogens (tertiary/aromatic N) is 3. The topological polar surface area (TPSA) is 57.9 Å². The van der Waals surface area contributed by atoms with E-state index in [1.165, 1.54) is 0 Å². The van der Waals surface area contributed by atoms with Crippen LogP contribution < -0.4 is 0 Å². The Balaban J connectivity index is 0.00000300. The van der Waals surface area contributed by atoms with Crippen molar-refractivity contribution >= 4 is 29.3 Å². The fourth-order valence-corrected chi connectivity index (χ4v) is 4.07. The summed E-state index contributed by atoms with van der Waals surface area (Å²) in [5.41, 5.74) is 3.37. The number of piperazine rings is 1. The molecule has 1 saturated heterocycles. The number of carbonyl (C=O) groups excluding carboxylic acids is 1. The van der Waals surface area contributed by atoms with Crippen LogP contribution in [0, 0.1) is 6.92 Å². The van der Waals surface area contributed by atoms with Gasteiger partial charge in [0, 0.05) is 61.4 Å². The first-order valence-electron chi connectivity index (χ1n) is 10.4. The summed E-state index contributed by atoms with van der Waals surface area (Å²) in [5.74, 6) is -0.0462. The Kier molecular flexibility index (Phi) is 8.37. The highest BCUT2D eigenvalue weighted by Gasteiger charge is 2.26. The smallest absolute Gasteiger partial charge is 0.340 e. The average Bonchev–Trinajstić information content (AvgIpc) is 2.96. The number of ether oxygens (including phenoxy) is 1. The summed E-state index contributed by atoms with van der Waals surface area (Å²) in [6.07, 6.45) is 2.13. The SMILES string of the molecule is CCCCn1c(C)c(C(=O)OCC)c2c(CN3CCN(C)CC3)c(O)ccc21.Cl.